The van der Waals surface area contributed by atoms with Crippen molar-refractivity contribution in [3.63, 3.8) is 0 Å². The Labute approximate surface area is 120 Å². The largest absolute Gasteiger partial charge is 0.330 e. The fourth-order valence-electron chi connectivity index (χ4n) is 4.32. The second kappa shape index (κ2) is 5.73. The molecule has 2 N–H and O–H groups in total. The van der Waals surface area contributed by atoms with Crippen molar-refractivity contribution in [3.8, 4) is 0 Å². The number of rotatable bonds is 3. The lowest BCUT2D eigenvalue weighted by Crippen LogP contribution is -2.45. The van der Waals surface area contributed by atoms with Crippen molar-refractivity contribution in [1.29, 1.82) is 0 Å². The van der Waals surface area contributed by atoms with Crippen LogP contribution >= 0.6 is 0 Å². The van der Waals surface area contributed by atoms with Crippen LogP contribution in [-0.4, -0.2) is 31.1 Å². The molecule has 0 aromatic rings. The van der Waals surface area contributed by atoms with Gasteiger partial charge in [-0.1, -0.05) is 40.5 Å². The molecular weight excluding hydrogens is 232 g/mol. The average molecular weight is 266 g/mol. The minimum absolute atomic E-state index is 0.421. The highest BCUT2D eigenvalue weighted by atomic mass is 15.2. The van der Waals surface area contributed by atoms with E-state index in [4.69, 9.17) is 5.73 Å². The Kier molecular flexibility index (Phi) is 4.62. The zero-order valence-corrected chi connectivity index (χ0v) is 13.5. The van der Waals surface area contributed by atoms with E-state index in [0.29, 0.717) is 10.8 Å². The molecule has 1 saturated carbocycles. The van der Waals surface area contributed by atoms with Gasteiger partial charge < -0.3 is 10.6 Å². The minimum Gasteiger partial charge on any atom is -0.330 e. The Balaban J connectivity index is 1.93. The van der Waals surface area contributed by atoms with Gasteiger partial charge in [0.1, 0.15) is 0 Å². The van der Waals surface area contributed by atoms with E-state index in [-0.39, 0.29) is 0 Å². The van der Waals surface area contributed by atoms with Gasteiger partial charge in [0.05, 0.1) is 0 Å². The second-order valence-corrected chi connectivity index (χ2v) is 8.49. The van der Waals surface area contributed by atoms with Crippen molar-refractivity contribution in [2.45, 2.75) is 59.8 Å². The van der Waals surface area contributed by atoms with Gasteiger partial charge in [-0.05, 0) is 55.0 Å². The molecule has 0 radical (unpaired) electrons. The van der Waals surface area contributed by atoms with E-state index in [1.165, 1.54) is 51.7 Å². The summed E-state index contributed by atoms with van der Waals surface area (Å²) in [7, 11) is 0. The van der Waals surface area contributed by atoms with Gasteiger partial charge >= 0.3 is 0 Å². The molecule has 0 bridgehead atoms. The van der Waals surface area contributed by atoms with Crippen LogP contribution in [0.2, 0.25) is 0 Å². The number of nitrogens with two attached hydrogens (primary N) is 1. The molecule has 2 rings (SSSR count). The van der Waals surface area contributed by atoms with Crippen LogP contribution in [0.3, 0.4) is 0 Å². The quantitative estimate of drug-likeness (QED) is 0.847. The van der Waals surface area contributed by atoms with Crippen LogP contribution in [0.25, 0.3) is 0 Å². The normalized spacial score (nSPS) is 37.7. The summed E-state index contributed by atoms with van der Waals surface area (Å²) in [6.07, 6.45) is 6.87. The van der Waals surface area contributed by atoms with Gasteiger partial charge in [0.2, 0.25) is 0 Å². The Hall–Kier alpha value is -0.0800. The van der Waals surface area contributed by atoms with Crippen LogP contribution in [0.4, 0.5) is 0 Å². The second-order valence-electron chi connectivity index (χ2n) is 8.49. The fraction of sp³-hybridized carbons (Fsp3) is 1.00. The Morgan fingerprint density at radius 3 is 2.53 bits per heavy atom. The highest BCUT2D eigenvalue weighted by Crippen LogP contribution is 2.41. The number of hydrogen-bond acceptors (Lipinski definition) is 2. The number of hydrogen-bond donors (Lipinski definition) is 1. The SMILES string of the molecule is CC1CCCC(CN)(CN2CCC(C(C)(C)C)C2)C1. The third kappa shape index (κ3) is 3.72. The lowest BCUT2D eigenvalue weighted by Gasteiger charge is -2.42. The van der Waals surface area contributed by atoms with Crippen molar-refractivity contribution < 1.29 is 0 Å². The monoisotopic (exact) mass is 266 g/mol. The van der Waals surface area contributed by atoms with E-state index >= 15 is 0 Å². The van der Waals surface area contributed by atoms with Crippen molar-refractivity contribution in [2.75, 3.05) is 26.2 Å². The molecule has 0 aromatic carbocycles. The summed E-state index contributed by atoms with van der Waals surface area (Å²) >= 11 is 0. The van der Waals surface area contributed by atoms with E-state index in [1.54, 1.807) is 0 Å². The zero-order valence-electron chi connectivity index (χ0n) is 13.5. The first kappa shape index (κ1) is 15.3. The molecule has 3 atom stereocenters. The zero-order chi connectivity index (χ0) is 14.1. The molecular formula is C17H34N2. The first-order chi connectivity index (χ1) is 8.85. The standard InChI is InChI=1S/C17H34N2/c1-14-6-5-8-17(10-14,12-18)13-19-9-7-15(11-19)16(2,3)4/h14-15H,5-13,18H2,1-4H3. The third-order valence-electron chi connectivity index (χ3n) is 5.67. The third-order valence-corrected chi connectivity index (χ3v) is 5.67. The molecule has 2 nitrogen and oxygen atoms in total. The molecule has 0 amide bonds. The van der Waals surface area contributed by atoms with Gasteiger partial charge in [0, 0.05) is 13.1 Å². The van der Waals surface area contributed by atoms with Gasteiger partial charge in [-0.3, -0.25) is 0 Å². The van der Waals surface area contributed by atoms with E-state index in [0.717, 1.165) is 18.4 Å². The number of likely N-dealkylation sites (tertiary alicyclic amines) is 1. The molecule has 1 aliphatic carbocycles. The maximum atomic E-state index is 6.17. The van der Waals surface area contributed by atoms with E-state index in [2.05, 4.69) is 32.6 Å². The molecule has 1 aliphatic heterocycles. The Morgan fingerprint density at radius 1 is 1.26 bits per heavy atom. The molecule has 19 heavy (non-hydrogen) atoms. The van der Waals surface area contributed by atoms with Crippen molar-refractivity contribution >= 4 is 0 Å². The molecule has 2 fully saturated rings. The molecule has 1 saturated heterocycles. The van der Waals surface area contributed by atoms with Crippen molar-refractivity contribution in [2.24, 2.45) is 28.4 Å². The minimum atomic E-state index is 0.421. The molecule has 2 aliphatic rings. The first-order valence-electron chi connectivity index (χ1n) is 8.27. The van der Waals surface area contributed by atoms with Gasteiger partial charge in [-0.15, -0.1) is 0 Å². The van der Waals surface area contributed by atoms with Gasteiger partial charge in [-0.25, -0.2) is 0 Å². The highest BCUT2D eigenvalue weighted by molar-refractivity contribution is 4.92. The fourth-order valence-corrected chi connectivity index (χ4v) is 4.32. The van der Waals surface area contributed by atoms with Crippen LogP contribution in [0.1, 0.15) is 59.8 Å². The summed E-state index contributed by atoms with van der Waals surface area (Å²) in [6.45, 7) is 14.3. The topological polar surface area (TPSA) is 29.3 Å². The molecule has 1 heterocycles. The summed E-state index contributed by atoms with van der Waals surface area (Å²) < 4.78 is 0. The lowest BCUT2D eigenvalue weighted by molar-refractivity contribution is 0.0943. The Morgan fingerprint density at radius 2 is 2.00 bits per heavy atom. The van der Waals surface area contributed by atoms with Crippen LogP contribution in [0, 0.1) is 22.7 Å². The van der Waals surface area contributed by atoms with Crippen LogP contribution < -0.4 is 5.73 Å². The maximum absolute atomic E-state index is 6.17. The predicted molar refractivity (Wildman–Crippen MR) is 83.1 cm³/mol. The van der Waals surface area contributed by atoms with Crippen LogP contribution in [-0.2, 0) is 0 Å². The average Bonchev–Trinajstić information content (AvgIpc) is 2.77. The van der Waals surface area contributed by atoms with Crippen molar-refractivity contribution in [1.82, 2.24) is 4.90 Å². The van der Waals surface area contributed by atoms with E-state index in [1.807, 2.05) is 0 Å². The van der Waals surface area contributed by atoms with Crippen molar-refractivity contribution in [3.05, 3.63) is 0 Å². The number of nitrogens with zero attached hydrogens (tertiary/aromatic N) is 1. The highest BCUT2D eigenvalue weighted by Gasteiger charge is 2.38. The first-order valence-corrected chi connectivity index (χ1v) is 8.27. The van der Waals surface area contributed by atoms with E-state index in [9.17, 15) is 0 Å². The smallest absolute Gasteiger partial charge is 0.00503 e. The van der Waals surface area contributed by atoms with Crippen LogP contribution in [0.15, 0.2) is 0 Å². The summed E-state index contributed by atoms with van der Waals surface area (Å²) in [5.41, 5.74) is 7.06. The van der Waals surface area contributed by atoms with Gasteiger partial charge in [0.25, 0.3) is 0 Å². The Bertz CT molecular complexity index is 294. The van der Waals surface area contributed by atoms with Gasteiger partial charge in [-0.2, -0.15) is 0 Å². The summed E-state index contributed by atoms with van der Waals surface area (Å²) in [5.74, 6) is 1.74. The molecule has 0 spiro atoms. The molecule has 2 heteroatoms. The van der Waals surface area contributed by atoms with E-state index < -0.39 is 0 Å². The van der Waals surface area contributed by atoms with Gasteiger partial charge in [0.15, 0.2) is 0 Å². The predicted octanol–water partition coefficient (Wildman–Crippen LogP) is 3.51. The summed E-state index contributed by atoms with van der Waals surface area (Å²) in [4.78, 5) is 2.71. The summed E-state index contributed by atoms with van der Waals surface area (Å²) in [5, 5.41) is 0. The molecule has 3 unspecified atom stereocenters. The summed E-state index contributed by atoms with van der Waals surface area (Å²) in [6, 6.07) is 0. The van der Waals surface area contributed by atoms with Crippen LogP contribution in [0.5, 0.6) is 0 Å². The molecule has 0 aromatic heterocycles. The molecule has 112 valence electrons. The lowest BCUT2D eigenvalue weighted by atomic mass is 9.69. The maximum Gasteiger partial charge on any atom is 0.00503 e.